The van der Waals surface area contributed by atoms with E-state index in [9.17, 15) is 13.2 Å². The highest BCUT2D eigenvalue weighted by atomic mass is 32.2. The lowest BCUT2D eigenvalue weighted by Crippen LogP contribution is -2.31. The molecule has 7 heteroatoms. The van der Waals surface area contributed by atoms with Crippen LogP contribution in [0.1, 0.15) is 16.8 Å². The molecule has 3 rings (SSSR count). The number of carbonyl (C=O) groups is 1. The molecule has 0 aromatic heterocycles. The summed E-state index contributed by atoms with van der Waals surface area (Å²) >= 11 is 0. The summed E-state index contributed by atoms with van der Waals surface area (Å²) in [6.07, 6.45) is 0.871. The van der Waals surface area contributed by atoms with E-state index in [1.807, 2.05) is 30.3 Å². The first-order valence-electron chi connectivity index (χ1n) is 7.67. The molecule has 24 heavy (non-hydrogen) atoms. The Morgan fingerprint density at radius 1 is 1.08 bits per heavy atom. The van der Waals surface area contributed by atoms with Crippen LogP contribution in [0.25, 0.3) is 0 Å². The van der Waals surface area contributed by atoms with Gasteiger partial charge in [-0.05, 0) is 42.8 Å². The molecule has 0 aliphatic carbocycles. The SMILES string of the molecule is NS(=O)(=O)c1ccc(C(=O)N2CC[C@@H](Nc3ccccc3)C2)cc1. The van der Waals surface area contributed by atoms with E-state index in [-0.39, 0.29) is 16.8 Å². The molecule has 1 saturated heterocycles. The summed E-state index contributed by atoms with van der Waals surface area (Å²) in [4.78, 5) is 14.3. The molecule has 2 aromatic carbocycles. The number of sulfonamides is 1. The Bertz CT molecular complexity index is 820. The maximum Gasteiger partial charge on any atom is 0.253 e. The molecule has 126 valence electrons. The van der Waals surface area contributed by atoms with Crippen molar-refractivity contribution in [3.8, 4) is 0 Å². The zero-order valence-corrected chi connectivity index (χ0v) is 13.9. The van der Waals surface area contributed by atoms with Crippen molar-refractivity contribution in [1.29, 1.82) is 0 Å². The summed E-state index contributed by atoms with van der Waals surface area (Å²) in [5.41, 5.74) is 1.50. The summed E-state index contributed by atoms with van der Waals surface area (Å²) in [6, 6.07) is 15.8. The summed E-state index contributed by atoms with van der Waals surface area (Å²) in [6.45, 7) is 1.28. The topological polar surface area (TPSA) is 92.5 Å². The van der Waals surface area contributed by atoms with Gasteiger partial charge >= 0.3 is 0 Å². The molecule has 0 radical (unpaired) electrons. The van der Waals surface area contributed by atoms with Crippen molar-refractivity contribution in [3.63, 3.8) is 0 Å². The average molecular weight is 345 g/mol. The number of anilines is 1. The van der Waals surface area contributed by atoms with Gasteiger partial charge in [0.2, 0.25) is 10.0 Å². The predicted molar refractivity (Wildman–Crippen MR) is 92.2 cm³/mol. The molecule has 1 amide bonds. The number of nitrogens with one attached hydrogen (secondary N) is 1. The van der Waals surface area contributed by atoms with Crippen molar-refractivity contribution in [2.24, 2.45) is 5.14 Å². The molecule has 0 saturated carbocycles. The Kier molecular flexibility index (Phi) is 4.55. The van der Waals surface area contributed by atoms with Crippen LogP contribution in [0, 0.1) is 0 Å². The van der Waals surface area contributed by atoms with Gasteiger partial charge in [-0.25, -0.2) is 13.6 Å². The number of hydrogen-bond acceptors (Lipinski definition) is 4. The average Bonchev–Trinajstić information content (AvgIpc) is 3.03. The maximum absolute atomic E-state index is 12.5. The molecule has 1 aliphatic rings. The first kappa shape index (κ1) is 16.5. The molecule has 0 unspecified atom stereocenters. The number of hydrogen-bond donors (Lipinski definition) is 2. The number of carbonyl (C=O) groups excluding carboxylic acids is 1. The van der Waals surface area contributed by atoms with Crippen LogP contribution in [0.2, 0.25) is 0 Å². The van der Waals surface area contributed by atoms with Gasteiger partial charge in [-0.2, -0.15) is 0 Å². The Labute approximate surface area is 141 Å². The summed E-state index contributed by atoms with van der Waals surface area (Å²) < 4.78 is 22.5. The van der Waals surface area contributed by atoms with E-state index >= 15 is 0 Å². The number of primary sulfonamides is 1. The van der Waals surface area contributed by atoms with Crippen LogP contribution < -0.4 is 10.5 Å². The maximum atomic E-state index is 12.5. The van der Waals surface area contributed by atoms with Crippen molar-refractivity contribution in [2.75, 3.05) is 18.4 Å². The van der Waals surface area contributed by atoms with Gasteiger partial charge in [0.25, 0.3) is 5.91 Å². The van der Waals surface area contributed by atoms with Crippen LogP contribution >= 0.6 is 0 Å². The fourth-order valence-electron chi connectivity index (χ4n) is 2.80. The van der Waals surface area contributed by atoms with Crippen LogP contribution in [0.5, 0.6) is 0 Å². The Balaban J connectivity index is 1.64. The number of rotatable bonds is 4. The number of para-hydroxylation sites is 1. The third-order valence-electron chi connectivity index (χ3n) is 4.05. The van der Waals surface area contributed by atoms with Crippen LogP contribution in [0.4, 0.5) is 5.69 Å². The third-order valence-corrected chi connectivity index (χ3v) is 4.98. The fourth-order valence-corrected chi connectivity index (χ4v) is 3.32. The van der Waals surface area contributed by atoms with Gasteiger partial charge in [0.15, 0.2) is 0 Å². The second kappa shape index (κ2) is 6.62. The van der Waals surface area contributed by atoms with E-state index in [4.69, 9.17) is 5.14 Å². The largest absolute Gasteiger partial charge is 0.380 e. The second-order valence-corrected chi connectivity index (χ2v) is 7.38. The molecule has 1 aliphatic heterocycles. The van der Waals surface area contributed by atoms with E-state index in [1.54, 1.807) is 4.90 Å². The van der Waals surface area contributed by atoms with Crippen LogP contribution in [-0.4, -0.2) is 38.4 Å². The number of amides is 1. The summed E-state index contributed by atoms with van der Waals surface area (Å²) in [7, 11) is -3.74. The number of nitrogens with two attached hydrogens (primary N) is 1. The zero-order valence-electron chi connectivity index (χ0n) is 13.1. The smallest absolute Gasteiger partial charge is 0.253 e. The van der Waals surface area contributed by atoms with Crippen molar-refractivity contribution < 1.29 is 13.2 Å². The van der Waals surface area contributed by atoms with Crippen molar-refractivity contribution in [2.45, 2.75) is 17.4 Å². The molecule has 2 aromatic rings. The quantitative estimate of drug-likeness (QED) is 0.881. The van der Waals surface area contributed by atoms with Gasteiger partial charge in [0.05, 0.1) is 4.90 Å². The molecule has 6 nitrogen and oxygen atoms in total. The van der Waals surface area contributed by atoms with Gasteiger partial charge in [0, 0.05) is 30.4 Å². The number of benzene rings is 2. The normalized spacial score (nSPS) is 17.7. The molecular weight excluding hydrogens is 326 g/mol. The van der Waals surface area contributed by atoms with Crippen LogP contribution in [0.3, 0.4) is 0 Å². The molecule has 1 heterocycles. The van der Waals surface area contributed by atoms with E-state index in [0.29, 0.717) is 18.7 Å². The highest BCUT2D eigenvalue weighted by molar-refractivity contribution is 7.89. The minimum absolute atomic E-state index is 0.00379. The van der Waals surface area contributed by atoms with Crippen molar-refractivity contribution in [3.05, 3.63) is 60.2 Å². The molecule has 0 spiro atoms. The van der Waals surface area contributed by atoms with Gasteiger partial charge in [-0.1, -0.05) is 18.2 Å². The second-order valence-electron chi connectivity index (χ2n) is 5.82. The van der Waals surface area contributed by atoms with Crippen LogP contribution in [0.15, 0.2) is 59.5 Å². The predicted octanol–water partition coefficient (Wildman–Crippen LogP) is 1.66. The summed E-state index contributed by atoms with van der Waals surface area (Å²) in [5.74, 6) is -0.103. The van der Waals surface area contributed by atoms with Crippen molar-refractivity contribution >= 4 is 21.6 Å². The third kappa shape index (κ3) is 3.74. The highest BCUT2D eigenvalue weighted by Gasteiger charge is 2.27. The highest BCUT2D eigenvalue weighted by Crippen LogP contribution is 2.18. The van der Waals surface area contributed by atoms with E-state index in [2.05, 4.69) is 5.32 Å². The Hall–Kier alpha value is -2.38. The first-order chi connectivity index (χ1) is 11.4. The monoisotopic (exact) mass is 345 g/mol. The van der Waals surface area contributed by atoms with E-state index < -0.39 is 10.0 Å². The standard InChI is InChI=1S/C17H19N3O3S/c18-24(22,23)16-8-6-13(7-9-16)17(21)20-11-10-15(12-20)19-14-4-2-1-3-5-14/h1-9,15,19H,10-12H2,(H2,18,22,23)/t15-/m1/s1. The minimum atomic E-state index is -3.74. The molecular formula is C17H19N3O3S. The van der Waals surface area contributed by atoms with Crippen molar-refractivity contribution in [1.82, 2.24) is 4.90 Å². The number of nitrogens with zero attached hydrogens (tertiary/aromatic N) is 1. The number of likely N-dealkylation sites (tertiary alicyclic amines) is 1. The van der Waals surface area contributed by atoms with Gasteiger partial charge < -0.3 is 10.2 Å². The van der Waals surface area contributed by atoms with Crippen LogP contribution in [-0.2, 0) is 10.0 Å². The zero-order chi connectivity index (χ0) is 17.2. The van der Waals surface area contributed by atoms with Gasteiger partial charge in [-0.15, -0.1) is 0 Å². The van der Waals surface area contributed by atoms with E-state index in [0.717, 1.165) is 12.1 Å². The lowest BCUT2D eigenvalue weighted by Gasteiger charge is -2.18. The van der Waals surface area contributed by atoms with Gasteiger partial charge in [-0.3, -0.25) is 4.79 Å². The van der Waals surface area contributed by atoms with E-state index in [1.165, 1.54) is 24.3 Å². The lowest BCUT2D eigenvalue weighted by atomic mass is 10.2. The minimum Gasteiger partial charge on any atom is -0.380 e. The first-order valence-corrected chi connectivity index (χ1v) is 9.22. The Morgan fingerprint density at radius 2 is 1.75 bits per heavy atom. The molecule has 1 fully saturated rings. The molecule has 0 bridgehead atoms. The molecule has 1 atom stereocenters. The van der Waals surface area contributed by atoms with Gasteiger partial charge in [0.1, 0.15) is 0 Å². The Morgan fingerprint density at radius 3 is 2.38 bits per heavy atom. The summed E-state index contributed by atoms with van der Waals surface area (Å²) in [5, 5.41) is 8.48. The fraction of sp³-hybridized carbons (Fsp3) is 0.235. The lowest BCUT2D eigenvalue weighted by molar-refractivity contribution is 0.0791. The molecule has 3 N–H and O–H groups in total.